The van der Waals surface area contributed by atoms with Crippen molar-refractivity contribution in [3.63, 3.8) is 0 Å². The quantitative estimate of drug-likeness (QED) is 0.132. The number of rotatable bonds is 7. The van der Waals surface area contributed by atoms with Gasteiger partial charge < -0.3 is 94.1 Å². The van der Waals surface area contributed by atoms with Crippen molar-refractivity contribution in [2.24, 2.45) is 0 Å². The van der Waals surface area contributed by atoms with Crippen molar-refractivity contribution in [3.05, 3.63) is 0 Å². The van der Waals surface area contributed by atoms with Crippen molar-refractivity contribution >= 4 is 5.97 Å². The van der Waals surface area contributed by atoms with E-state index in [4.69, 9.17) is 33.2 Å². The highest BCUT2D eigenvalue weighted by Crippen LogP contribution is 2.31. The molecule has 40 heavy (non-hydrogen) atoms. The number of aliphatic hydroxyl groups is 10. The molecule has 4 aliphatic heterocycles. The molecule has 4 heterocycles. The van der Waals surface area contributed by atoms with E-state index >= 15 is 0 Å². The lowest BCUT2D eigenvalue weighted by atomic mass is 9.98. The fourth-order valence-corrected chi connectivity index (χ4v) is 4.59. The Labute approximate surface area is 225 Å². The normalized spacial score (nSPS) is 52.3. The van der Waals surface area contributed by atoms with E-state index in [0.717, 1.165) is 0 Å². The summed E-state index contributed by atoms with van der Waals surface area (Å²) in [5.74, 6) is -1.96. The molecule has 19 heteroatoms. The molecule has 0 amide bonds. The van der Waals surface area contributed by atoms with Gasteiger partial charge in [-0.3, -0.25) is 0 Å². The lowest BCUT2D eigenvalue weighted by Gasteiger charge is -2.47. The summed E-state index contributed by atoms with van der Waals surface area (Å²) in [6, 6.07) is 0. The molecular weight excluding hydrogens is 556 g/mol. The summed E-state index contributed by atoms with van der Waals surface area (Å²) in [5, 5.41) is 112. The van der Waals surface area contributed by atoms with Crippen LogP contribution in [0.4, 0.5) is 0 Å². The number of hydrogen-bond donors (Lipinski definition) is 10. The van der Waals surface area contributed by atoms with Crippen molar-refractivity contribution < 1.29 is 94.1 Å². The Bertz CT molecular complexity index is 849. The molecule has 10 N–H and O–H groups in total. The molecule has 0 aromatic heterocycles. The topological polar surface area (TPSA) is 307 Å². The molecule has 17 atom stereocenters. The van der Waals surface area contributed by atoms with Crippen LogP contribution >= 0.6 is 0 Å². The van der Waals surface area contributed by atoms with Crippen LogP contribution in [-0.4, -0.2) is 181 Å². The zero-order valence-electron chi connectivity index (χ0n) is 20.6. The van der Waals surface area contributed by atoms with E-state index in [0.29, 0.717) is 0 Å². The molecule has 0 spiro atoms. The SMILES string of the molecule is O=C([O-])[C@H]1O[C@H](O[C@H]2[C@H](O[C@@H]3CO[C@@H](O)[C@H](O)[C@H]3O)OC[C@@H](O[C@@H]3OC[C@@H](O)[C@H](O)[C@H]3O)[C@@H]2O)[C@H](O)[C@@H](O)[C@@H]1O. The summed E-state index contributed by atoms with van der Waals surface area (Å²) < 4.78 is 37.3. The van der Waals surface area contributed by atoms with Gasteiger partial charge in [-0.1, -0.05) is 0 Å². The lowest BCUT2D eigenvalue weighted by Crippen LogP contribution is -2.66. The molecule has 4 rings (SSSR count). The van der Waals surface area contributed by atoms with Gasteiger partial charge in [-0.25, -0.2) is 0 Å². The van der Waals surface area contributed by atoms with Crippen molar-refractivity contribution in [2.75, 3.05) is 19.8 Å². The maximum atomic E-state index is 11.4. The molecule has 0 unspecified atom stereocenters. The molecule has 0 saturated carbocycles. The monoisotopic (exact) mass is 589 g/mol. The van der Waals surface area contributed by atoms with Gasteiger partial charge >= 0.3 is 0 Å². The first kappa shape index (κ1) is 31.7. The molecule has 0 aliphatic carbocycles. The number of carboxylic acid groups (broad SMARTS) is 1. The maximum absolute atomic E-state index is 11.4. The second-order valence-electron chi connectivity index (χ2n) is 9.81. The van der Waals surface area contributed by atoms with Gasteiger partial charge in [0, 0.05) is 0 Å². The molecule has 0 aromatic rings. The van der Waals surface area contributed by atoms with Gasteiger partial charge in [-0.2, -0.15) is 0 Å². The predicted molar refractivity (Wildman–Crippen MR) is 114 cm³/mol. The Balaban J connectivity index is 1.53. The zero-order valence-corrected chi connectivity index (χ0v) is 20.6. The van der Waals surface area contributed by atoms with Crippen molar-refractivity contribution in [1.29, 1.82) is 0 Å². The van der Waals surface area contributed by atoms with Gasteiger partial charge in [0.25, 0.3) is 0 Å². The van der Waals surface area contributed by atoms with Gasteiger partial charge in [0.15, 0.2) is 25.2 Å². The number of carbonyl (C=O) groups excluding carboxylic acids is 1. The van der Waals surface area contributed by atoms with Crippen LogP contribution in [0, 0.1) is 0 Å². The minimum atomic E-state index is -2.17. The number of carboxylic acids is 1. The van der Waals surface area contributed by atoms with Crippen molar-refractivity contribution in [2.45, 2.75) is 105 Å². The molecular formula is C21H33O19-. The van der Waals surface area contributed by atoms with E-state index in [9.17, 15) is 61.0 Å². The highest BCUT2D eigenvalue weighted by molar-refractivity contribution is 5.71. The van der Waals surface area contributed by atoms with Crippen LogP contribution in [0.2, 0.25) is 0 Å². The largest absolute Gasteiger partial charge is 0.547 e. The second kappa shape index (κ2) is 13.0. The van der Waals surface area contributed by atoms with Gasteiger partial charge in [0.05, 0.1) is 25.8 Å². The van der Waals surface area contributed by atoms with Gasteiger partial charge in [0.2, 0.25) is 0 Å². The van der Waals surface area contributed by atoms with Gasteiger partial charge in [-0.05, 0) is 0 Å². The average molecular weight is 589 g/mol. The second-order valence-corrected chi connectivity index (χ2v) is 9.81. The standard InChI is InChI=1S/C21H34O19/c22-4-1-35-19(13(29)7(4)23)37-6-3-36-21(38-5-2-34-18(33)12(28)8(5)24)16(9(6)25)40-20-14(30)10(26)11(27)15(39-20)17(31)32/h4-16,18-30,33H,1-3H2,(H,31,32)/p-1/t4-,5-,6-,7+,8+,9+,10+,11+,12-,13-,14-,15+,16-,18-,19+,20-,21+/m1/s1. The van der Waals surface area contributed by atoms with Crippen molar-refractivity contribution in [3.8, 4) is 0 Å². The molecule has 19 nitrogen and oxygen atoms in total. The van der Waals surface area contributed by atoms with E-state index in [1.54, 1.807) is 0 Å². The first-order valence-corrected chi connectivity index (χ1v) is 12.3. The van der Waals surface area contributed by atoms with Crippen LogP contribution in [-0.2, 0) is 38.0 Å². The van der Waals surface area contributed by atoms with Crippen LogP contribution in [0.15, 0.2) is 0 Å². The van der Waals surface area contributed by atoms with Crippen LogP contribution in [0.1, 0.15) is 0 Å². The first-order chi connectivity index (χ1) is 18.8. The molecule has 0 radical (unpaired) electrons. The Kier molecular flexibility index (Phi) is 10.3. The molecule has 232 valence electrons. The number of carbonyl (C=O) groups is 1. The Morgan fingerprint density at radius 2 is 1.15 bits per heavy atom. The third-order valence-corrected chi connectivity index (χ3v) is 7.03. The van der Waals surface area contributed by atoms with E-state index in [1.165, 1.54) is 0 Å². The summed E-state index contributed by atoms with van der Waals surface area (Å²) in [5.41, 5.74) is 0. The zero-order chi connectivity index (χ0) is 29.5. The van der Waals surface area contributed by atoms with E-state index in [2.05, 4.69) is 0 Å². The molecule has 0 bridgehead atoms. The van der Waals surface area contributed by atoms with Gasteiger partial charge in [-0.15, -0.1) is 0 Å². The minimum Gasteiger partial charge on any atom is -0.547 e. The third-order valence-electron chi connectivity index (χ3n) is 7.03. The Morgan fingerprint density at radius 1 is 0.575 bits per heavy atom. The van der Waals surface area contributed by atoms with E-state index in [1.807, 2.05) is 0 Å². The van der Waals surface area contributed by atoms with Crippen LogP contribution < -0.4 is 5.11 Å². The van der Waals surface area contributed by atoms with Crippen LogP contribution in [0.3, 0.4) is 0 Å². The van der Waals surface area contributed by atoms with E-state index < -0.39 is 130 Å². The number of aliphatic carboxylic acids is 1. The fraction of sp³-hybridized carbons (Fsp3) is 0.952. The summed E-state index contributed by atoms with van der Waals surface area (Å²) in [4.78, 5) is 11.4. The number of aliphatic hydroxyl groups excluding tert-OH is 10. The fourth-order valence-electron chi connectivity index (χ4n) is 4.59. The molecule has 0 aromatic carbocycles. The smallest absolute Gasteiger partial charge is 0.187 e. The molecule has 4 fully saturated rings. The lowest BCUT2D eigenvalue weighted by molar-refractivity contribution is -0.387. The highest BCUT2D eigenvalue weighted by atomic mass is 16.8. The molecule has 4 aliphatic rings. The molecule has 4 saturated heterocycles. The van der Waals surface area contributed by atoms with Crippen LogP contribution in [0.25, 0.3) is 0 Å². The van der Waals surface area contributed by atoms with Gasteiger partial charge in [0.1, 0.15) is 79.4 Å². The minimum absolute atomic E-state index is 0.432. The van der Waals surface area contributed by atoms with Crippen molar-refractivity contribution in [1.82, 2.24) is 0 Å². The van der Waals surface area contributed by atoms with E-state index in [-0.39, 0.29) is 0 Å². The summed E-state index contributed by atoms with van der Waals surface area (Å²) >= 11 is 0. The summed E-state index contributed by atoms with van der Waals surface area (Å²) in [7, 11) is 0. The summed E-state index contributed by atoms with van der Waals surface area (Å²) in [6.45, 7) is -1.41. The summed E-state index contributed by atoms with van der Waals surface area (Å²) in [6.07, 6.45) is -30.2. The number of hydrogen-bond acceptors (Lipinski definition) is 19. The Hall–Kier alpha value is -1.21. The maximum Gasteiger partial charge on any atom is 0.187 e. The predicted octanol–water partition coefficient (Wildman–Crippen LogP) is -9.07. The highest BCUT2D eigenvalue weighted by Gasteiger charge is 2.52. The average Bonchev–Trinajstić information content (AvgIpc) is 2.92. The number of ether oxygens (including phenoxy) is 7. The van der Waals surface area contributed by atoms with Crippen LogP contribution in [0.5, 0.6) is 0 Å². The third kappa shape index (κ3) is 6.40. The Morgan fingerprint density at radius 3 is 1.82 bits per heavy atom. The first-order valence-electron chi connectivity index (χ1n) is 12.3.